The lowest BCUT2D eigenvalue weighted by Crippen LogP contribution is -1.93. The summed E-state index contributed by atoms with van der Waals surface area (Å²) in [5.41, 5.74) is 6.84. The van der Waals surface area contributed by atoms with Crippen LogP contribution in [0.15, 0.2) is 85.3 Å². The second-order valence-corrected chi connectivity index (χ2v) is 6.42. The molecule has 3 aromatic heterocycles. The maximum atomic E-state index is 4.73. The van der Waals surface area contributed by atoms with E-state index < -0.39 is 0 Å². The van der Waals surface area contributed by atoms with Crippen LogP contribution in [-0.2, 0) is 7.05 Å². The molecule has 3 nitrogen and oxygen atoms in total. The number of benzene rings is 2. The molecule has 0 N–H and O–H groups in total. The first-order valence-corrected chi connectivity index (χ1v) is 8.66. The van der Waals surface area contributed by atoms with E-state index >= 15 is 0 Å². The van der Waals surface area contributed by atoms with Crippen molar-refractivity contribution in [3.8, 4) is 22.4 Å². The van der Waals surface area contributed by atoms with E-state index in [1.54, 1.807) is 0 Å². The van der Waals surface area contributed by atoms with Crippen LogP contribution < -0.4 is 0 Å². The minimum absolute atomic E-state index is 1.03. The van der Waals surface area contributed by atoms with Crippen LogP contribution in [0.2, 0.25) is 0 Å². The molecule has 0 aliphatic carbocycles. The van der Waals surface area contributed by atoms with E-state index in [0.717, 1.165) is 22.3 Å². The summed E-state index contributed by atoms with van der Waals surface area (Å²) in [7, 11) is 2.11. The van der Waals surface area contributed by atoms with Crippen molar-refractivity contribution < 1.29 is 0 Å². The fourth-order valence-corrected chi connectivity index (χ4v) is 3.81. The first kappa shape index (κ1) is 14.8. The average Bonchev–Trinajstić information content (AvgIpc) is 3.01. The van der Waals surface area contributed by atoms with E-state index in [0.29, 0.717) is 0 Å². The van der Waals surface area contributed by atoms with Gasteiger partial charge in [0.15, 0.2) is 0 Å². The fraction of sp³-hybridized carbons (Fsp3) is 0.0435. The molecule has 0 radical (unpaired) electrons. The number of nitrogens with zero attached hydrogens (tertiary/aromatic N) is 3. The minimum Gasteiger partial charge on any atom is -0.342 e. The molecule has 26 heavy (non-hydrogen) atoms. The second kappa shape index (κ2) is 5.81. The van der Waals surface area contributed by atoms with Gasteiger partial charge in [0.2, 0.25) is 0 Å². The van der Waals surface area contributed by atoms with Gasteiger partial charge in [0.1, 0.15) is 0 Å². The van der Waals surface area contributed by atoms with Gasteiger partial charge in [-0.3, -0.25) is 9.97 Å². The van der Waals surface area contributed by atoms with Gasteiger partial charge in [0.25, 0.3) is 0 Å². The van der Waals surface area contributed by atoms with Gasteiger partial charge in [-0.15, -0.1) is 0 Å². The molecular formula is C23H17N3. The third-order valence-electron chi connectivity index (χ3n) is 4.97. The highest BCUT2D eigenvalue weighted by atomic mass is 15.0. The molecule has 0 saturated carbocycles. The van der Waals surface area contributed by atoms with E-state index in [-0.39, 0.29) is 0 Å². The highest BCUT2D eigenvalue weighted by Crippen LogP contribution is 2.41. The van der Waals surface area contributed by atoms with Gasteiger partial charge >= 0.3 is 0 Å². The summed E-state index contributed by atoms with van der Waals surface area (Å²) in [6.45, 7) is 0. The van der Waals surface area contributed by atoms with E-state index in [1.807, 2.05) is 24.7 Å². The molecule has 0 aliphatic rings. The van der Waals surface area contributed by atoms with Crippen molar-refractivity contribution in [3.05, 3.63) is 85.3 Å². The van der Waals surface area contributed by atoms with Crippen LogP contribution in [0.25, 0.3) is 44.2 Å². The Morgan fingerprint density at radius 2 is 1.58 bits per heavy atom. The topological polar surface area (TPSA) is 30.7 Å². The fourth-order valence-electron chi connectivity index (χ4n) is 3.81. The van der Waals surface area contributed by atoms with Gasteiger partial charge in [0.05, 0.1) is 16.7 Å². The van der Waals surface area contributed by atoms with Crippen LogP contribution in [0.5, 0.6) is 0 Å². The smallest absolute Gasteiger partial charge is 0.0966 e. The highest BCUT2D eigenvalue weighted by Gasteiger charge is 2.20. The van der Waals surface area contributed by atoms with Crippen molar-refractivity contribution >= 4 is 21.8 Å². The number of aryl methyl sites for hydroxylation is 1. The Morgan fingerprint density at radius 3 is 2.46 bits per heavy atom. The third kappa shape index (κ3) is 2.14. The molecule has 3 heteroatoms. The zero-order chi connectivity index (χ0) is 17.5. The van der Waals surface area contributed by atoms with E-state index in [9.17, 15) is 0 Å². The summed E-state index contributed by atoms with van der Waals surface area (Å²) in [6, 6.07) is 23.2. The van der Waals surface area contributed by atoms with Crippen molar-refractivity contribution in [2.45, 2.75) is 0 Å². The Kier molecular flexibility index (Phi) is 3.32. The lowest BCUT2D eigenvalue weighted by atomic mass is 9.95. The molecule has 0 atom stereocenters. The van der Waals surface area contributed by atoms with Crippen LogP contribution in [0, 0.1) is 0 Å². The SMILES string of the molecule is Cn1c(-c2ccncc2)c(-c2cccc3ccccc23)c2ncccc21. The summed E-state index contributed by atoms with van der Waals surface area (Å²) < 4.78 is 2.23. The Balaban J connectivity index is 1.96. The largest absolute Gasteiger partial charge is 0.342 e. The molecule has 0 saturated heterocycles. The highest BCUT2D eigenvalue weighted by molar-refractivity contribution is 6.09. The van der Waals surface area contributed by atoms with Crippen molar-refractivity contribution in [1.29, 1.82) is 0 Å². The molecule has 0 aliphatic heterocycles. The van der Waals surface area contributed by atoms with Gasteiger partial charge < -0.3 is 4.57 Å². The molecule has 0 bridgehead atoms. The predicted molar refractivity (Wildman–Crippen MR) is 107 cm³/mol. The van der Waals surface area contributed by atoms with Crippen molar-refractivity contribution in [2.75, 3.05) is 0 Å². The zero-order valence-electron chi connectivity index (χ0n) is 14.4. The van der Waals surface area contributed by atoms with Crippen LogP contribution >= 0.6 is 0 Å². The van der Waals surface area contributed by atoms with E-state index in [2.05, 4.69) is 77.3 Å². The summed E-state index contributed by atoms with van der Waals surface area (Å²) in [6.07, 6.45) is 5.55. The Morgan fingerprint density at radius 1 is 0.769 bits per heavy atom. The van der Waals surface area contributed by atoms with Gasteiger partial charge in [-0.1, -0.05) is 42.5 Å². The van der Waals surface area contributed by atoms with Crippen molar-refractivity contribution in [1.82, 2.24) is 14.5 Å². The summed E-state index contributed by atoms with van der Waals surface area (Å²) >= 11 is 0. The summed E-state index contributed by atoms with van der Waals surface area (Å²) in [4.78, 5) is 8.92. The van der Waals surface area contributed by atoms with Gasteiger partial charge in [0, 0.05) is 36.8 Å². The Labute approximate surface area is 151 Å². The van der Waals surface area contributed by atoms with E-state index in [1.165, 1.54) is 21.9 Å². The maximum absolute atomic E-state index is 4.73. The first-order valence-electron chi connectivity index (χ1n) is 8.66. The monoisotopic (exact) mass is 335 g/mol. The van der Waals surface area contributed by atoms with Crippen LogP contribution in [0.3, 0.4) is 0 Å². The van der Waals surface area contributed by atoms with Gasteiger partial charge in [-0.25, -0.2) is 0 Å². The Bertz CT molecular complexity index is 1230. The third-order valence-corrected chi connectivity index (χ3v) is 4.97. The Hall–Kier alpha value is -3.46. The quantitative estimate of drug-likeness (QED) is 0.429. The molecular weight excluding hydrogens is 318 g/mol. The van der Waals surface area contributed by atoms with Crippen molar-refractivity contribution in [3.63, 3.8) is 0 Å². The molecule has 0 fully saturated rings. The minimum atomic E-state index is 1.03. The van der Waals surface area contributed by atoms with Gasteiger partial charge in [-0.2, -0.15) is 0 Å². The second-order valence-electron chi connectivity index (χ2n) is 6.42. The first-order chi connectivity index (χ1) is 12.8. The molecule has 0 spiro atoms. The molecule has 5 aromatic rings. The van der Waals surface area contributed by atoms with Crippen molar-refractivity contribution in [2.24, 2.45) is 7.05 Å². The summed E-state index contributed by atoms with van der Waals surface area (Å²) in [5, 5.41) is 2.47. The molecule has 124 valence electrons. The normalized spacial score (nSPS) is 11.3. The lowest BCUT2D eigenvalue weighted by molar-refractivity contribution is 0.977. The molecule has 3 heterocycles. The number of hydrogen-bond donors (Lipinski definition) is 0. The lowest BCUT2D eigenvalue weighted by Gasteiger charge is -2.10. The van der Waals surface area contributed by atoms with Gasteiger partial charge in [-0.05, 0) is 40.6 Å². The molecule has 0 amide bonds. The summed E-state index contributed by atoms with van der Waals surface area (Å²) in [5.74, 6) is 0. The standard InChI is InChI=1S/C23H17N3/c1-26-20-10-5-13-25-22(20)21(23(26)17-11-14-24-15-12-17)19-9-4-7-16-6-2-3-8-18(16)19/h2-15H,1H3. The number of aromatic nitrogens is 3. The van der Waals surface area contributed by atoms with Crippen LogP contribution in [0.1, 0.15) is 0 Å². The van der Waals surface area contributed by atoms with Crippen LogP contribution in [0.4, 0.5) is 0 Å². The number of pyridine rings is 2. The maximum Gasteiger partial charge on any atom is 0.0966 e. The molecule has 2 aromatic carbocycles. The molecule has 0 unspecified atom stereocenters. The number of rotatable bonds is 2. The zero-order valence-corrected chi connectivity index (χ0v) is 14.4. The number of fused-ring (bicyclic) bond motifs is 2. The number of hydrogen-bond acceptors (Lipinski definition) is 2. The molecule has 5 rings (SSSR count). The predicted octanol–water partition coefficient (Wildman–Crippen LogP) is 5.46. The van der Waals surface area contributed by atoms with E-state index in [4.69, 9.17) is 4.98 Å². The average molecular weight is 335 g/mol. The van der Waals surface area contributed by atoms with Crippen LogP contribution in [-0.4, -0.2) is 14.5 Å².